The number of rotatable bonds is 6. The number of carbonyl (C=O) groups excluding carboxylic acids is 1. The van der Waals surface area contributed by atoms with Crippen molar-refractivity contribution >= 4 is 35.3 Å². The zero-order chi connectivity index (χ0) is 19.1. The number of nitrogens with zero attached hydrogens (tertiary/aromatic N) is 1. The predicted octanol–water partition coefficient (Wildman–Crippen LogP) is 5.34. The van der Waals surface area contributed by atoms with Gasteiger partial charge < -0.3 is 4.74 Å². The van der Waals surface area contributed by atoms with E-state index in [1.807, 2.05) is 48.5 Å². The molecule has 0 unspecified atom stereocenters. The minimum atomic E-state index is -0.361. The van der Waals surface area contributed by atoms with E-state index in [1.165, 1.54) is 0 Å². The topological polar surface area (TPSA) is 50.7 Å². The number of halogens is 2. The molecule has 4 nitrogen and oxygen atoms in total. The fraction of sp³-hybridized carbons (Fsp3) is 0.0476. The lowest BCUT2D eigenvalue weighted by molar-refractivity contribution is 0.0955. The molecule has 0 aliphatic rings. The van der Waals surface area contributed by atoms with Gasteiger partial charge in [0.05, 0.1) is 16.8 Å². The number of hydrogen-bond donors (Lipinski definition) is 1. The van der Waals surface area contributed by atoms with Crippen LogP contribution in [0.3, 0.4) is 0 Å². The highest BCUT2D eigenvalue weighted by molar-refractivity contribution is 6.33. The highest BCUT2D eigenvalue weighted by atomic mass is 35.5. The maximum atomic E-state index is 12.0. The van der Waals surface area contributed by atoms with Crippen molar-refractivity contribution in [3.8, 4) is 5.75 Å². The Morgan fingerprint density at radius 2 is 1.67 bits per heavy atom. The standard InChI is InChI=1S/C21H16Cl2N2O2/c22-17-9-5-16(6-10-17)14-27-18-11-7-15(8-12-18)13-24-25-21(26)19-3-1-2-4-20(19)23/h1-13H,14H2,(H,25,26)/b24-13-. The first-order valence-electron chi connectivity index (χ1n) is 8.17. The van der Waals surface area contributed by atoms with Gasteiger partial charge in [0, 0.05) is 5.02 Å². The number of ether oxygens (including phenoxy) is 1. The van der Waals surface area contributed by atoms with Gasteiger partial charge in [0.25, 0.3) is 5.91 Å². The van der Waals surface area contributed by atoms with Gasteiger partial charge in [-0.05, 0) is 59.7 Å². The highest BCUT2D eigenvalue weighted by Gasteiger charge is 2.07. The third kappa shape index (κ3) is 5.58. The van der Waals surface area contributed by atoms with Gasteiger partial charge in [0.2, 0.25) is 0 Å². The number of carbonyl (C=O) groups is 1. The highest BCUT2D eigenvalue weighted by Crippen LogP contribution is 2.16. The molecule has 0 bridgehead atoms. The SMILES string of the molecule is O=C(N/N=C\c1ccc(OCc2ccc(Cl)cc2)cc1)c1ccccc1Cl. The maximum absolute atomic E-state index is 12.0. The van der Waals surface area contributed by atoms with Crippen molar-refractivity contribution in [2.75, 3.05) is 0 Å². The van der Waals surface area contributed by atoms with Crippen LogP contribution in [0.2, 0.25) is 10.0 Å². The first-order valence-corrected chi connectivity index (χ1v) is 8.92. The summed E-state index contributed by atoms with van der Waals surface area (Å²) in [6.07, 6.45) is 1.55. The Balaban J connectivity index is 1.52. The van der Waals surface area contributed by atoms with Crippen molar-refractivity contribution < 1.29 is 9.53 Å². The molecule has 0 aromatic heterocycles. The Bertz CT molecular complexity index is 939. The van der Waals surface area contributed by atoms with Crippen LogP contribution in [-0.4, -0.2) is 12.1 Å². The van der Waals surface area contributed by atoms with Crippen LogP contribution in [-0.2, 0) is 6.61 Å². The molecule has 0 saturated heterocycles. The number of hydrazone groups is 1. The number of nitrogens with one attached hydrogen (secondary N) is 1. The molecule has 0 spiro atoms. The molecule has 136 valence electrons. The van der Waals surface area contributed by atoms with Crippen LogP contribution in [0, 0.1) is 0 Å². The van der Waals surface area contributed by atoms with Crippen molar-refractivity contribution in [3.63, 3.8) is 0 Å². The zero-order valence-electron chi connectivity index (χ0n) is 14.2. The number of benzene rings is 3. The van der Waals surface area contributed by atoms with Crippen molar-refractivity contribution in [1.82, 2.24) is 5.43 Å². The Morgan fingerprint density at radius 1 is 0.963 bits per heavy atom. The maximum Gasteiger partial charge on any atom is 0.272 e. The van der Waals surface area contributed by atoms with E-state index >= 15 is 0 Å². The Labute approximate surface area is 167 Å². The molecule has 3 aromatic rings. The molecular weight excluding hydrogens is 383 g/mol. The second-order valence-corrected chi connectivity index (χ2v) is 6.51. The van der Waals surface area contributed by atoms with E-state index in [0.29, 0.717) is 22.2 Å². The van der Waals surface area contributed by atoms with Gasteiger partial charge in [-0.25, -0.2) is 5.43 Å². The van der Waals surface area contributed by atoms with E-state index in [-0.39, 0.29) is 5.91 Å². The van der Waals surface area contributed by atoms with Gasteiger partial charge >= 0.3 is 0 Å². The van der Waals surface area contributed by atoms with E-state index in [1.54, 1.807) is 30.5 Å². The molecule has 0 atom stereocenters. The largest absolute Gasteiger partial charge is 0.489 e. The molecule has 3 aromatic carbocycles. The minimum absolute atomic E-state index is 0.361. The number of hydrogen-bond acceptors (Lipinski definition) is 3. The van der Waals surface area contributed by atoms with Crippen LogP contribution in [0.25, 0.3) is 0 Å². The third-order valence-electron chi connectivity index (χ3n) is 3.70. The lowest BCUT2D eigenvalue weighted by atomic mass is 10.2. The summed E-state index contributed by atoms with van der Waals surface area (Å²) in [4.78, 5) is 12.0. The summed E-state index contributed by atoms with van der Waals surface area (Å²) < 4.78 is 5.73. The molecule has 0 aliphatic heterocycles. The Hall–Kier alpha value is -2.82. The van der Waals surface area contributed by atoms with Crippen molar-refractivity contribution in [1.29, 1.82) is 0 Å². The molecule has 0 fully saturated rings. The van der Waals surface area contributed by atoms with E-state index in [9.17, 15) is 4.79 Å². The van der Waals surface area contributed by atoms with E-state index < -0.39 is 0 Å². The fourth-order valence-corrected chi connectivity index (χ4v) is 2.62. The van der Waals surface area contributed by atoms with Crippen LogP contribution >= 0.6 is 23.2 Å². The molecular formula is C21H16Cl2N2O2. The molecule has 0 aliphatic carbocycles. The molecule has 0 heterocycles. The summed E-state index contributed by atoms with van der Waals surface area (Å²) in [7, 11) is 0. The molecule has 27 heavy (non-hydrogen) atoms. The Morgan fingerprint density at radius 3 is 2.37 bits per heavy atom. The minimum Gasteiger partial charge on any atom is -0.489 e. The van der Waals surface area contributed by atoms with Crippen LogP contribution in [0.1, 0.15) is 21.5 Å². The van der Waals surface area contributed by atoms with Crippen molar-refractivity contribution in [3.05, 3.63) is 99.5 Å². The molecule has 1 amide bonds. The summed E-state index contributed by atoms with van der Waals surface area (Å²) >= 11 is 11.8. The molecule has 0 saturated carbocycles. The first kappa shape index (κ1) is 19.0. The Kier molecular flexibility index (Phi) is 6.47. The van der Waals surface area contributed by atoms with E-state index in [0.717, 1.165) is 16.9 Å². The third-order valence-corrected chi connectivity index (χ3v) is 4.28. The van der Waals surface area contributed by atoms with Gasteiger partial charge in [-0.2, -0.15) is 5.10 Å². The van der Waals surface area contributed by atoms with E-state index in [2.05, 4.69) is 10.5 Å². The second kappa shape index (κ2) is 9.21. The summed E-state index contributed by atoms with van der Waals surface area (Å²) in [6, 6.07) is 21.7. The van der Waals surface area contributed by atoms with Crippen LogP contribution in [0.4, 0.5) is 0 Å². The van der Waals surface area contributed by atoms with E-state index in [4.69, 9.17) is 27.9 Å². The monoisotopic (exact) mass is 398 g/mol. The zero-order valence-corrected chi connectivity index (χ0v) is 15.7. The molecule has 6 heteroatoms. The average Bonchev–Trinajstić information content (AvgIpc) is 2.69. The summed E-state index contributed by atoms with van der Waals surface area (Å²) in [6.45, 7) is 0.457. The first-order chi connectivity index (χ1) is 13.1. The molecule has 3 rings (SSSR count). The quantitative estimate of drug-likeness (QED) is 0.450. The fourth-order valence-electron chi connectivity index (χ4n) is 2.27. The van der Waals surface area contributed by atoms with Crippen molar-refractivity contribution in [2.45, 2.75) is 6.61 Å². The molecule has 1 N–H and O–H groups in total. The van der Waals surface area contributed by atoms with Crippen LogP contribution in [0.5, 0.6) is 5.75 Å². The summed E-state index contributed by atoms with van der Waals surface area (Å²) in [5.41, 5.74) is 4.70. The predicted molar refractivity (Wildman–Crippen MR) is 109 cm³/mol. The lowest BCUT2D eigenvalue weighted by Gasteiger charge is -2.06. The van der Waals surface area contributed by atoms with Gasteiger partial charge in [0.15, 0.2) is 0 Å². The molecule has 0 radical (unpaired) electrons. The lowest BCUT2D eigenvalue weighted by Crippen LogP contribution is -2.17. The van der Waals surface area contributed by atoms with Gasteiger partial charge in [-0.3, -0.25) is 4.79 Å². The van der Waals surface area contributed by atoms with Crippen LogP contribution < -0.4 is 10.2 Å². The van der Waals surface area contributed by atoms with Crippen molar-refractivity contribution in [2.24, 2.45) is 5.10 Å². The number of amides is 1. The summed E-state index contributed by atoms with van der Waals surface area (Å²) in [5, 5.41) is 5.03. The average molecular weight is 399 g/mol. The normalized spacial score (nSPS) is 10.7. The van der Waals surface area contributed by atoms with Gasteiger partial charge in [0.1, 0.15) is 12.4 Å². The summed E-state index contributed by atoms with van der Waals surface area (Å²) in [5.74, 6) is 0.377. The second-order valence-electron chi connectivity index (χ2n) is 5.66. The van der Waals surface area contributed by atoms with Crippen LogP contribution in [0.15, 0.2) is 77.9 Å². The van der Waals surface area contributed by atoms with Gasteiger partial charge in [-0.1, -0.05) is 47.5 Å². The smallest absolute Gasteiger partial charge is 0.272 e. The van der Waals surface area contributed by atoms with Gasteiger partial charge in [-0.15, -0.1) is 0 Å².